The smallest absolute Gasteiger partial charge is 0.193 e. The molecule has 0 heterocycles. The number of hydrogen-bond donors (Lipinski definition) is 2. The number of aryl methyl sites for hydroxylation is 1. The molecular formula is C16H25N3O. The molecule has 4 heteroatoms. The molecule has 0 bridgehead atoms. The predicted molar refractivity (Wildman–Crippen MR) is 84.0 cm³/mol. The Balaban J connectivity index is 2.06. The predicted octanol–water partition coefficient (Wildman–Crippen LogP) is 2.93. The van der Waals surface area contributed by atoms with Crippen LogP contribution in [0, 0.1) is 12.3 Å². The third-order valence-corrected chi connectivity index (χ3v) is 4.81. The number of hydrogen-bond acceptors (Lipinski definition) is 2. The maximum Gasteiger partial charge on any atom is 0.193 e. The Kier molecular flexibility index (Phi) is 3.78. The molecule has 2 unspecified atom stereocenters. The molecule has 4 nitrogen and oxygen atoms in total. The third-order valence-electron chi connectivity index (χ3n) is 4.81. The lowest BCUT2D eigenvalue weighted by atomic mass is 9.56. The number of anilines is 1. The largest absolute Gasteiger partial charge is 0.378 e. The summed E-state index contributed by atoms with van der Waals surface area (Å²) in [5, 5.41) is 3.15. The second kappa shape index (κ2) is 5.09. The summed E-state index contributed by atoms with van der Waals surface area (Å²) in [6.07, 6.45) is 0.896. The molecule has 20 heavy (non-hydrogen) atoms. The fourth-order valence-electron chi connectivity index (χ4n) is 2.73. The van der Waals surface area contributed by atoms with E-state index >= 15 is 0 Å². The highest BCUT2D eigenvalue weighted by Crippen LogP contribution is 2.53. The van der Waals surface area contributed by atoms with Crippen molar-refractivity contribution >= 4 is 11.6 Å². The van der Waals surface area contributed by atoms with Gasteiger partial charge in [0.1, 0.15) is 0 Å². The number of nitrogens with two attached hydrogens (primary N) is 1. The maximum atomic E-state index is 6.02. The van der Waals surface area contributed by atoms with E-state index in [1.54, 1.807) is 7.11 Å². The molecule has 1 aliphatic rings. The fraction of sp³-hybridized carbons (Fsp3) is 0.562. The summed E-state index contributed by atoms with van der Waals surface area (Å²) in [7, 11) is 1.76. The highest BCUT2D eigenvalue weighted by molar-refractivity contribution is 5.92. The zero-order valence-corrected chi connectivity index (χ0v) is 13.0. The first-order valence-corrected chi connectivity index (χ1v) is 7.00. The van der Waals surface area contributed by atoms with Crippen molar-refractivity contribution in [3.8, 4) is 0 Å². The van der Waals surface area contributed by atoms with E-state index in [0.29, 0.717) is 5.96 Å². The van der Waals surface area contributed by atoms with E-state index in [4.69, 9.17) is 10.5 Å². The first-order chi connectivity index (χ1) is 9.28. The molecule has 1 aromatic rings. The number of guanidine groups is 1. The number of aliphatic imine (C=N–C) groups is 1. The highest BCUT2D eigenvalue weighted by atomic mass is 16.5. The van der Waals surface area contributed by atoms with E-state index < -0.39 is 0 Å². The van der Waals surface area contributed by atoms with E-state index in [2.05, 4.69) is 44.1 Å². The van der Waals surface area contributed by atoms with Gasteiger partial charge >= 0.3 is 0 Å². The minimum atomic E-state index is -0.120. The van der Waals surface area contributed by atoms with Gasteiger partial charge in [-0.1, -0.05) is 26.0 Å². The van der Waals surface area contributed by atoms with Gasteiger partial charge in [0.25, 0.3) is 0 Å². The van der Waals surface area contributed by atoms with Gasteiger partial charge in [0.05, 0.1) is 11.6 Å². The molecule has 0 aromatic heterocycles. The van der Waals surface area contributed by atoms with Crippen molar-refractivity contribution in [2.75, 3.05) is 12.4 Å². The molecule has 1 fully saturated rings. The quantitative estimate of drug-likeness (QED) is 0.658. The summed E-state index contributed by atoms with van der Waals surface area (Å²) in [4.78, 5) is 4.61. The van der Waals surface area contributed by atoms with E-state index in [-0.39, 0.29) is 17.1 Å². The summed E-state index contributed by atoms with van der Waals surface area (Å²) in [6.45, 7) is 8.53. The van der Waals surface area contributed by atoms with Crippen LogP contribution in [0.15, 0.2) is 29.3 Å². The van der Waals surface area contributed by atoms with Gasteiger partial charge in [0.15, 0.2) is 5.96 Å². The Hall–Kier alpha value is -1.55. The average molecular weight is 275 g/mol. The van der Waals surface area contributed by atoms with Gasteiger partial charge in [-0.25, -0.2) is 4.99 Å². The molecule has 110 valence electrons. The van der Waals surface area contributed by atoms with Crippen molar-refractivity contribution in [3.63, 3.8) is 0 Å². The normalized spacial score (nSPS) is 28.9. The van der Waals surface area contributed by atoms with Crippen LogP contribution in [0.4, 0.5) is 5.69 Å². The number of methoxy groups -OCH3 is 1. The molecule has 1 aliphatic carbocycles. The summed E-state index contributed by atoms with van der Waals surface area (Å²) >= 11 is 0. The van der Waals surface area contributed by atoms with Gasteiger partial charge in [-0.05, 0) is 38.0 Å². The molecule has 0 radical (unpaired) electrons. The monoisotopic (exact) mass is 275 g/mol. The van der Waals surface area contributed by atoms with Crippen molar-refractivity contribution in [2.45, 2.75) is 45.8 Å². The number of nitrogens with zero attached hydrogens (tertiary/aromatic N) is 1. The van der Waals surface area contributed by atoms with E-state index in [1.807, 2.05) is 18.2 Å². The van der Waals surface area contributed by atoms with E-state index in [0.717, 1.165) is 12.1 Å². The van der Waals surface area contributed by atoms with Gasteiger partial charge < -0.3 is 15.8 Å². The molecule has 0 amide bonds. The summed E-state index contributed by atoms with van der Waals surface area (Å²) in [5.74, 6) is 0.465. The molecule has 3 N–H and O–H groups in total. The number of ether oxygens (including phenoxy) is 1. The Morgan fingerprint density at radius 2 is 2.10 bits per heavy atom. The second-order valence-corrected chi connectivity index (χ2v) is 6.39. The minimum Gasteiger partial charge on any atom is -0.378 e. The Morgan fingerprint density at radius 3 is 2.65 bits per heavy atom. The van der Waals surface area contributed by atoms with Crippen LogP contribution in [0.1, 0.15) is 32.8 Å². The number of benzene rings is 1. The third kappa shape index (κ3) is 2.52. The summed E-state index contributed by atoms with van der Waals surface area (Å²) in [6, 6.07) is 8.27. The van der Waals surface area contributed by atoms with Gasteiger partial charge in [0.2, 0.25) is 0 Å². The van der Waals surface area contributed by atoms with Gasteiger partial charge in [-0.3, -0.25) is 0 Å². The maximum absolute atomic E-state index is 6.02. The van der Waals surface area contributed by atoms with Gasteiger partial charge in [0, 0.05) is 18.2 Å². The first kappa shape index (κ1) is 14.9. The topological polar surface area (TPSA) is 59.6 Å². The molecule has 0 saturated heterocycles. The van der Waals surface area contributed by atoms with Crippen LogP contribution < -0.4 is 11.1 Å². The lowest BCUT2D eigenvalue weighted by molar-refractivity contribution is -0.171. The van der Waals surface area contributed by atoms with Crippen molar-refractivity contribution in [3.05, 3.63) is 29.8 Å². The molecule has 2 rings (SSSR count). The molecule has 2 atom stereocenters. The average Bonchev–Trinajstić information content (AvgIpc) is 2.37. The zero-order chi connectivity index (χ0) is 15.0. The molecule has 1 aromatic carbocycles. The Morgan fingerprint density at radius 1 is 1.40 bits per heavy atom. The van der Waals surface area contributed by atoms with Crippen LogP contribution in [-0.4, -0.2) is 24.7 Å². The Labute approximate surface area is 121 Å². The van der Waals surface area contributed by atoms with Crippen molar-refractivity contribution in [2.24, 2.45) is 16.1 Å². The standard InChI is InChI=1S/C16H25N3O/c1-11-7-6-8-12(9-11)18-14(17)19-13-10-16(4,20-5)15(13,2)3/h6-9,13H,10H2,1-5H3,(H3,17,18,19). The van der Waals surface area contributed by atoms with Crippen LogP contribution in [0.25, 0.3) is 0 Å². The fourth-order valence-corrected chi connectivity index (χ4v) is 2.73. The molecule has 0 spiro atoms. The Bertz CT molecular complexity index is 524. The van der Waals surface area contributed by atoms with E-state index in [9.17, 15) is 0 Å². The van der Waals surface area contributed by atoms with Gasteiger partial charge in [-0.15, -0.1) is 0 Å². The highest BCUT2D eigenvalue weighted by Gasteiger charge is 2.58. The number of nitrogens with one attached hydrogen (secondary N) is 1. The zero-order valence-electron chi connectivity index (χ0n) is 13.0. The molecule has 0 aliphatic heterocycles. The second-order valence-electron chi connectivity index (χ2n) is 6.39. The van der Waals surface area contributed by atoms with Crippen molar-refractivity contribution in [1.29, 1.82) is 0 Å². The molecular weight excluding hydrogens is 250 g/mol. The van der Waals surface area contributed by atoms with Crippen LogP contribution in [0.5, 0.6) is 0 Å². The van der Waals surface area contributed by atoms with Crippen LogP contribution in [0.2, 0.25) is 0 Å². The first-order valence-electron chi connectivity index (χ1n) is 7.00. The van der Waals surface area contributed by atoms with Crippen molar-refractivity contribution < 1.29 is 4.74 Å². The minimum absolute atomic E-state index is 0.0132. The SMILES string of the molecule is COC1(C)CC(N=C(N)Nc2cccc(C)c2)C1(C)C. The summed E-state index contributed by atoms with van der Waals surface area (Å²) in [5.41, 5.74) is 8.05. The van der Waals surface area contributed by atoms with E-state index in [1.165, 1.54) is 5.56 Å². The van der Waals surface area contributed by atoms with Crippen molar-refractivity contribution in [1.82, 2.24) is 0 Å². The van der Waals surface area contributed by atoms with Crippen LogP contribution >= 0.6 is 0 Å². The lowest BCUT2D eigenvalue weighted by Gasteiger charge is -2.57. The van der Waals surface area contributed by atoms with Crippen LogP contribution in [-0.2, 0) is 4.74 Å². The van der Waals surface area contributed by atoms with Gasteiger partial charge in [-0.2, -0.15) is 0 Å². The lowest BCUT2D eigenvalue weighted by Crippen LogP contribution is -2.62. The molecule has 1 saturated carbocycles. The number of rotatable bonds is 3. The van der Waals surface area contributed by atoms with Crippen LogP contribution in [0.3, 0.4) is 0 Å². The summed E-state index contributed by atoms with van der Waals surface area (Å²) < 4.78 is 5.60.